The van der Waals surface area contributed by atoms with Crippen LogP contribution in [0.5, 0.6) is 0 Å². The van der Waals surface area contributed by atoms with E-state index in [4.69, 9.17) is 11.6 Å². The van der Waals surface area contributed by atoms with Gasteiger partial charge in [0.25, 0.3) is 0 Å². The van der Waals surface area contributed by atoms with Crippen molar-refractivity contribution < 1.29 is 13.2 Å². The number of piperazine rings is 1. The normalized spacial score (nSPS) is 19.1. The fourth-order valence-electron chi connectivity index (χ4n) is 2.87. The van der Waals surface area contributed by atoms with Crippen LogP contribution in [0.15, 0.2) is 53.4 Å². The molecule has 0 saturated carbocycles. The Balaban J connectivity index is 2.12. The second-order valence-electron chi connectivity index (χ2n) is 5.60. The number of carbonyl (C=O) groups is 1. The molecule has 0 bridgehead atoms. The molecule has 0 aliphatic carbocycles. The van der Waals surface area contributed by atoms with Gasteiger partial charge >= 0.3 is 0 Å². The van der Waals surface area contributed by atoms with Gasteiger partial charge in [-0.05, 0) is 30.2 Å². The topological polar surface area (TPSA) is 66.5 Å². The molecule has 1 N–H and O–H groups in total. The highest BCUT2D eigenvalue weighted by atomic mass is 35.5. The summed E-state index contributed by atoms with van der Waals surface area (Å²) in [7, 11) is -3.83. The van der Waals surface area contributed by atoms with Crippen molar-refractivity contribution in [2.75, 3.05) is 13.1 Å². The van der Waals surface area contributed by atoms with Crippen LogP contribution in [0.1, 0.15) is 17.2 Å². The highest BCUT2D eigenvalue weighted by Gasteiger charge is 2.40. The molecule has 0 aromatic heterocycles. The Hall–Kier alpha value is -1.89. The Morgan fingerprint density at radius 1 is 1.12 bits per heavy atom. The summed E-state index contributed by atoms with van der Waals surface area (Å²) in [5, 5.41) is 3.09. The summed E-state index contributed by atoms with van der Waals surface area (Å²) in [4.78, 5) is 12.6. The van der Waals surface area contributed by atoms with Gasteiger partial charge in [-0.2, -0.15) is 4.31 Å². The van der Waals surface area contributed by atoms with Crippen LogP contribution in [0, 0.1) is 6.92 Å². The van der Waals surface area contributed by atoms with Gasteiger partial charge in [0.15, 0.2) is 0 Å². The third kappa shape index (κ3) is 2.92. The standard InChI is InChI=1S/C17H17ClN2O3S/c1-12-6-2-5-9-15(12)24(22,23)20-11-10-19-17(21)16(20)13-7-3-4-8-14(13)18/h2-9,16H,10-11H2,1H3,(H,19,21). The summed E-state index contributed by atoms with van der Waals surface area (Å²) < 4.78 is 27.5. The van der Waals surface area contributed by atoms with Crippen molar-refractivity contribution in [3.05, 3.63) is 64.7 Å². The summed E-state index contributed by atoms with van der Waals surface area (Å²) in [5.41, 5.74) is 1.12. The molecular weight excluding hydrogens is 348 g/mol. The quantitative estimate of drug-likeness (QED) is 0.910. The summed E-state index contributed by atoms with van der Waals surface area (Å²) >= 11 is 6.21. The first-order valence-electron chi connectivity index (χ1n) is 7.52. The maximum Gasteiger partial charge on any atom is 0.244 e. The zero-order valence-electron chi connectivity index (χ0n) is 13.1. The highest BCUT2D eigenvalue weighted by molar-refractivity contribution is 7.89. The number of sulfonamides is 1. The third-order valence-corrected chi connectivity index (χ3v) is 6.42. The minimum absolute atomic E-state index is 0.193. The van der Waals surface area contributed by atoms with Gasteiger partial charge in [-0.25, -0.2) is 8.42 Å². The number of carbonyl (C=O) groups excluding carboxylic acids is 1. The molecule has 126 valence electrons. The first-order valence-corrected chi connectivity index (χ1v) is 9.34. The molecule has 24 heavy (non-hydrogen) atoms. The van der Waals surface area contributed by atoms with Gasteiger partial charge in [-0.15, -0.1) is 0 Å². The lowest BCUT2D eigenvalue weighted by Gasteiger charge is -2.34. The predicted octanol–water partition coefficient (Wildman–Crippen LogP) is 2.51. The zero-order valence-corrected chi connectivity index (χ0v) is 14.6. The molecule has 1 aliphatic heterocycles. The van der Waals surface area contributed by atoms with E-state index in [1.165, 1.54) is 4.31 Å². The van der Waals surface area contributed by atoms with E-state index < -0.39 is 16.1 Å². The Labute approximate surface area is 146 Å². The van der Waals surface area contributed by atoms with Crippen LogP contribution in [-0.4, -0.2) is 31.7 Å². The average Bonchev–Trinajstić information content (AvgIpc) is 2.56. The van der Waals surface area contributed by atoms with E-state index in [2.05, 4.69) is 5.32 Å². The molecule has 1 fully saturated rings. The van der Waals surface area contributed by atoms with E-state index in [0.29, 0.717) is 16.1 Å². The van der Waals surface area contributed by atoms with E-state index in [1.54, 1.807) is 55.5 Å². The third-order valence-electron chi connectivity index (χ3n) is 4.05. The predicted molar refractivity (Wildman–Crippen MR) is 92.3 cm³/mol. The number of hydrogen-bond donors (Lipinski definition) is 1. The Bertz CT molecular complexity index is 883. The molecule has 1 atom stereocenters. The second-order valence-corrected chi connectivity index (χ2v) is 7.86. The maximum atomic E-state index is 13.2. The van der Waals surface area contributed by atoms with Crippen molar-refractivity contribution in [2.45, 2.75) is 17.9 Å². The van der Waals surface area contributed by atoms with Crippen molar-refractivity contribution in [1.29, 1.82) is 0 Å². The zero-order chi connectivity index (χ0) is 17.3. The molecule has 2 aromatic rings. The number of amides is 1. The summed E-state index contributed by atoms with van der Waals surface area (Å²) in [5.74, 6) is -0.369. The van der Waals surface area contributed by atoms with E-state index >= 15 is 0 Å². The molecule has 0 spiro atoms. The van der Waals surface area contributed by atoms with Crippen LogP contribution >= 0.6 is 11.6 Å². The van der Waals surface area contributed by atoms with Crippen LogP contribution in [-0.2, 0) is 14.8 Å². The molecule has 1 amide bonds. The van der Waals surface area contributed by atoms with E-state index in [9.17, 15) is 13.2 Å². The molecule has 1 saturated heterocycles. The van der Waals surface area contributed by atoms with Crippen LogP contribution in [0.25, 0.3) is 0 Å². The molecule has 3 rings (SSSR count). The summed E-state index contributed by atoms with van der Waals surface area (Å²) in [6, 6.07) is 12.6. The van der Waals surface area contributed by atoms with Crippen LogP contribution in [0.4, 0.5) is 0 Å². The Morgan fingerprint density at radius 3 is 2.50 bits per heavy atom. The van der Waals surface area contributed by atoms with Crippen molar-refractivity contribution >= 4 is 27.5 Å². The number of benzene rings is 2. The molecular formula is C17H17ClN2O3S. The van der Waals surface area contributed by atoms with Crippen LogP contribution < -0.4 is 5.32 Å². The van der Waals surface area contributed by atoms with Gasteiger partial charge < -0.3 is 5.32 Å². The number of hydrogen-bond acceptors (Lipinski definition) is 3. The fourth-order valence-corrected chi connectivity index (χ4v) is 4.91. The van der Waals surface area contributed by atoms with Gasteiger partial charge in [-0.1, -0.05) is 48.0 Å². The van der Waals surface area contributed by atoms with Crippen molar-refractivity contribution in [1.82, 2.24) is 9.62 Å². The molecule has 1 aliphatic rings. The number of aryl methyl sites for hydroxylation is 1. The lowest BCUT2D eigenvalue weighted by atomic mass is 10.0. The molecule has 1 heterocycles. The second kappa shape index (κ2) is 6.55. The molecule has 0 radical (unpaired) electrons. The molecule has 5 nitrogen and oxygen atoms in total. The average molecular weight is 365 g/mol. The van der Waals surface area contributed by atoms with Gasteiger partial charge in [0.2, 0.25) is 15.9 Å². The van der Waals surface area contributed by atoms with E-state index in [0.717, 1.165) is 0 Å². The smallest absolute Gasteiger partial charge is 0.244 e. The molecule has 7 heteroatoms. The monoisotopic (exact) mass is 364 g/mol. The molecule has 2 aromatic carbocycles. The number of rotatable bonds is 3. The summed E-state index contributed by atoms with van der Waals surface area (Å²) in [6.45, 7) is 2.20. The fraction of sp³-hybridized carbons (Fsp3) is 0.235. The van der Waals surface area contributed by atoms with Gasteiger partial charge in [-0.3, -0.25) is 4.79 Å². The highest BCUT2D eigenvalue weighted by Crippen LogP contribution is 2.34. The van der Waals surface area contributed by atoms with Crippen molar-refractivity contribution in [3.63, 3.8) is 0 Å². The molecule has 1 unspecified atom stereocenters. The lowest BCUT2D eigenvalue weighted by molar-refractivity contribution is -0.126. The Morgan fingerprint density at radius 2 is 1.79 bits per heavy atom. The number of nitrogens with one attached hydrogen (secondary N) is 1. The van der Waals surface area contributed by atoms with Gasteiger partial charge in [0.05, 0.1) is 4.90 Å². The Kier molecular flexibility index (Phi) is 4.62. The van der Waals surface area contributed by atoms with E-state index in [1.807, 2.05) is 0 Å². The van der Waals surface area contributed by atoms with Crippen LogP contribution in [0.2, 0.25) is 5.02 Å². The summed E-state index contributed by atoms with van der Waals surface area (Å²) in [6.07, 6.45) is 0. The minimum atomic E-state index is -3.83. The number of halogens is 1. The van der Waals surface area contributed by atoms with Crippen molar-refractivity contribution in [2.24, 2.45) is 0 Å². The number of nitrogens with zero attached hydrogens (tertiary/aromatic N) is 1. The largest absolute Gasteiger partial charge is 0.353 e. The van der Waals surface area contributed by atoms with Gasteiger partial charge in [0, 0.05) is 18.1 Å². The minimum Gasteiger partial charge on any atom is -0.353 e. The SMILES string of the molecule is Cc1ccccc1S(=O)(=O)N1CCNC(=O)C1c1ccccc1Cl. The van der Waals surface area contributed by atoms with Gasteiger partial charge in [0.1, 0.15) is 6.04 Å². The van der Waals surface area contributed by atoms with Crippen molar-refractivity contribution in [3.8, 4) is 0 Å². The first kappa shape index (κ1) is 17.0. The lowest BCUT2D eigenvalue weighted by Crippen LogP contribution is -2.52. The van der Waals surface area contributed by atoms with Crippen LogP contribution in [0.3, 0.4) is 0 Å². The maximum absolute atomic E-state index is 13.2. The first-order chi connectivity index (χ1) is 11.4. The van der Waals surface area contributed by atoms with E-state index in [-0.39, 0.29) is 23.9 Å².